The summed E-state index contributed by atoms with van der Waals surface area (Å²) >= 11 is 0. The lowest BCUT2D eigenvalue weighted by atomic mass is 10.0. The fraction of sp³-hybridized carbons (Fsp3) is 0.538. The van der Waals surface area contributed by atoms with E-state index in [-0.39, 0.29) is 5.75 Å². The molecule has 106 valence electrons. The number of hydrogen-bond acceptors (Lipinski definition) is 4. The van der Waals surface area contributed by atoms with Crippen LogP contribution < -0.4 is 0 Å². The Morgan fingerprint density at radius 3 is 2.42 bits per heavy atom. The average Bonchev–Trinajstić information content (AvgIpc) is 3.09. The Kier molecular flexibility index (Phi) is 3.68. The average molecular weight is 288 g/mol. The van der Waals surface area contributed by atoms with Gasteiger partial charge in [0, 0.05) is 17.1 Å². The Morgan fingerprint density at radius 2 is 1.95 bits per heavy atom. The van der Waals surface area contributed by atoms with E-state index in [2.05, 4.69) is 0 Å². The molecule has 0 aromatic heterocycles. The molecule has 0 spiro atoms. The molecule has 0 saturated heterocycles. The number of benzene rings is 1. The second-order valence-electron chi connectivity index (χ2n) is 4.95. The van der Waals surface area contributed by atoms with Crippen LogP contribution in [0.15, 0.2) is 24.3 Å². The number of aliphatic hydroxyl groups excluding tert-OH is 2. The smallest absolute Gasteiger partial charge is 0.154 e. The third kappa shape index (κ3) is 2.17. The van der Waals surface area contributed by atoms with E-state index in [0.29, 0.717) is 5.56 Å². The topological polar surface area (TPSA) is 74.6 Å². The molecule has 1 aliphatic rings. The van der Waals surface area contributed by atoms with Gasteiger partial charge in [-0.2, -0.15) is 0 Å². The molecule has 0 heterocycles. The van der Waals surface area contributed by atoms with Crippen molar-refractivity contribution in [3.63, 3.8) is 0 Å². The van der Waals surface area contributed by atoms with Crippen molar-refractivity contribution in [2.45, 2.75) is 18.1 Å². The van der Waals surface area contributed by atoms with Crippen LogP contribution in [0.3, 0.4) is 0 Å². The SMILES string of the molecule is CCS(=O)(=O)C1C(c2cccc(F)c2)C1(CO)CO. The highest BCUT2D eigenvalue weighted by atomic mass is 32.2. The molecule has 1 fully saturated rings. The minimum Gasteiger partial charge on any atom is -0.396 e. The summed E-state index contributed by atoms with van der Waals surface area (Å²) in [5, 5.41) is 18.1. The third-order valence-corrected chi connectivity index (χ3v) is 6.29. The molecule has 19 heavy (non-hydrogen) atoms. The van der Waals surface area contributed by atoms with Gasteiger partial charge in [0.15, 0.2) is 9.84 Å². The van der Waals surface area contributed by atoms with Crippen LogP contribution in [0.25, 0.3) is 0 Å². The van der Waals surface area contributed by atoms with Gasteiger partial charge in [-0.3, -0.25) is 0 Å². The van der Waals surface area contributed by atoms with Crippen molar-refractivity contribution in [1.82, 2.24) is 0 Å². The molecule has 2 atom stereocenters. The van der Waals surface area contributed by atoms with E-state index in [0.717, 1.165) is 0 Å². The van der Waals surface area contributed by atoms with Gasteiger partial charge in [-0.05, 0) is 17.7 Å². The lowest BCUT2D eigenvalue weighted by Crippen LogP contribution is -2.23. The summed E-state index contributed by atoms with van der Waals surface area (Å²) in [5.41, 5.74) is -0.590. The summed E-state index contributed by atoms with van der Waals surface area (Å²) in [4.78, 5) is 0. The van der Waals surface area contributed by atoms with E-state index in [1.165, 1.54) is 25.1 Å². The third-order valence-electron chi connectivity index (χ3n) is 3.97. The van der Waals surface area contributed by atoms with Crippen molar-refractivity contribution in [2.75, 3.05) is 19.0 Å². The number of rotatable bonds is 5. The zero-order valence-corrected chi connectivity index (χ0v) is 11.4. The maximum atomic E-state index is 13.2. The van der Waals surface area contributed by atoms with Crippen LogP contribution in [-0.4, -0.2) is 42.8 Å². The van der Waals surface area contributed by atoms with Gasteiger partial charge in [-0.25, -0.2) is 12.8 Å². The summed E-state index contributed by atoms with van der Waals surface area (Å²) < 4.78 is 37.3. The molecule has 0 aliphatic heterocycles. The Hall–Kier alpha value is -0.980. The van der Waals surface area contributed by atoms with Crippen molar-refractivity contribution < 1.29 is 23.0 Å². The van der Waals surface area contributed by atoms with Gasteiger partial charge < -0.3 is 10.2 Å². The lowest BCUT2D eigenvalue weighted by Gasteiger charge is -2.10. The highest BCUT2D eigenvalue weighted by molar-refractivity contribution is 7.92. The van der Waals surface area contributed by atoms with Gasteiger partial charge in [0.05, 0.1) is 18.5 Å². The maximum Gasteiger partial charge on any atom is 0.154 e. The molecule has 2 unspecified atom stereocenters. The summed E-state index contributed by atoms with van der Waals surface area (Å²) in [6.45, 7) is 0.652. The molecule has 1 saturated carbocycles. The molecule has 0 bridgehead atoms. The Bertz CT molecular complexity index is 566. The van der Waals surface area contributed by atoms with Gasteiger partial charge in [-0.1, -0.05) is 19.1 Å². The van der Waals surface area contributed by atoms with E-state index in [4.69, 9.17) is 0 Å². The highest BCUT2D eigenvalue weighted by Gasteiger charge is 2.69. The predicted molar refractivity (Wildman–Crippen MR) is 69.0 cm³/mol. The minimum absolute atomic E-state index is 0.0643. The van der Waals surface area contributed by atoms with Crippen LogP contribution in [0.2, 0.25) is 0 Å². The van der Waals surface area contributed by atoms with Crippen LogP contribution in [0.5, 0.6) is 0 Å². The molecule has 4 nitrogen and oxygen atoms in total. The molecule has 1 aromatic carbocycles. The first-order valence-corrected chi connectivity index (χ1v) is 7.83. The fourth-order valence-electron chi connectivity index (χ4n) is 2.83. The van der Waals surface area contributed by atoms with E-state index >= 15 is 0 Å². The van der Waals surface area contributed by atoms with Crippen LogP contribution in [0.4, 0.5) is 4.39 Å². The molecular formula is C13H17FO4S. The molecule has 6 heteroatoms. The van der Waals surface area contributed by atoms with Gasteiger partial charge in [-0.15, -0.1) is 0 Å². The van der Waals surface area contributed by atoms with Crippen molar-refractivity contribution in [3.05, 3.63) is 35.6 Å². The van der Waals surface area contributed by atoms with E-state index in [1.807, 2.05) is 0 Å². The van der Waals surface area contributed by atoms with Gasteiger partial charge >= 0.3 is 0 Å². The number of halogens is 1. The summed E-state index contributed by atoms with van der Waals surface area (Å²) in [7, 11) is -3.41. The molecule has 0 amide bonds. The number of hydrogen-bond donors (Lipinski definition) is 2. The van der Waals surface area contributed by atoms with Crippen LogP contribution in [0, 0.1) is 11.2 Å². The number of sulfone groups is 1. The van der Waals surface area contributed by atoms with Crippen molar-refractivity contribution in [3.8, 4) is 0 Å². The number of aliphatic hydroxyl groups is 2. The van der Waals surface area contributed by atoms with Crippen LogP contribution in [0.1, 0.15) is 18.4 Å². The monoisotopic (exact) mass is 288 g/mol. The van der Waals surface area contributed by atoms with E-state index in [1.54, 1.807) is 6.07 Å². The zero-order valence-electron chi connectivity index (χ0n) is 10.6. The molecule has 2 N–H and O–H groups in total. The lowest BCUT2D eigenvalue weighted by molar-refractivity contribution is 0.130. The van der Waals surface area contributed by atoms with Gasteiger partial charge in [0.25, 0.3) is 0 Å². The summed E-state index contributed by atoms with van der Waals surface area (Å²) in [6.07, 6.45) is 0. The molecule has 2 rings (SSSR count). The molecule has 1 aromatic rings. The second-order valence-corrected chi connectivity index (χ2v) is 7.37. The first-order valence-electron chi connectivity index (χ1n) is 6.11. The molecular weight excluding hydrogens is 271 g/mol. The first-order chi connectivity index (χ1) is 8.93. The fourth-order valence-corrected chi connectivity index (χ4v) is 4.97. The Morgan fingerprint density at radius 1 is 1.32 bits per heavy atom. The minimum atomic E-state index is -3.41. The molecule has 1 aliphatic carbocycles. The standard InChI is InChI=1S/C13H17FO4S/c1-2-19(17,18)12-11(13(12,7-15)8-16)9-4-3-5-10(14)6-9/h3-6,11-12,15-16H,2,7-8H2,1H3. The summed E-state index contributed by atoms with van der Waals surface area (Å²) in [5.74, 6) is -1.07. The van der Waals surface area contributed by atoms with E-state index in [9.17, 15) is 23.0 Å². The summed E-state index contributed by atoms with van der Waals surface area (Å²) in [6, 6.07) is 5.65. The Balaban J connectivity index is 2.45. The first kappa shape index (κ1) is 14.4. The van der Waals surface area contributed by atoms with Crippen LogP contribution in [-0.2, 0) is 9.84 Å². The van der Waals surface area contributed by atoms with E-state index < -0.39 is 45.5 Å². The van der Waals surface area contributed by atoms with Gasteiger partial charge in [0.1, 0.15) is 5.82 Å². The zero-order chi connectivity index (χ0) is 14.3. The largest absolute Gasteiger partial charge is 0.396 e. The maximum absolute atomic E-state index is 13.2. The van der Waals surface area contributed by atoms with Gasteiger partial charge in [0.2, 0.25) is 0 Å². The highest BCUT2D eigenvalue weighted by Crippen LogP contribution is 2.62. The quantitative estimate of drug-likeness (QED) is 0.836. The van der Waals surface area contributed by atoms with Crippen molar-refractivity contribution in [1.29, 1.82) is 0 Å². The van der Waals surface area contributed by atoms with Crippen molar-refractivity contribution >= 4 is 9.84 Å². The molecule has 0 radical (unpaired) electrons. The van der Waals surface area contributed by atoms with Crippen LogP contribution >= 0.6 is 0 Å². The predicted octanol–water partition coefficient (Wildman–Crippen LogP) is 0.697. The second kappa shape index (κ2) is 4.85. The Labute approximate surface area is 111 Å². The van der Waals surface area contributed by atoms with Crippen molar-refractivity contribution in [2.24, 2.45) is 5.41 Å². The normalized spacial score (nSPS) is 25.3.